The molecule has 0 radical (unpaired) electrons. The first-order valence-electron chi connectivity index (χ1n) is 7.46. The van der Waals surface area contributed by atoms with E-state index < -0.39 is 0 Å². The van der Waals surface area contributed by atoms with Gasteiger partial charge in [-0.15, -0.1) is 0 Å². The van der Waals surface area contributed by atoms with Crippen LogP contribution >= 0.6 is 12.2 Å². The lowest BCUT2D eigenvalue weighted by Crippen LogP contribution is -2.41. The average Bonchev–Trinajstić information content (AvgIpc) is 2.45. The normalized spacial score (nSPS) is 17.7. The van der Waals surface area contributed by atoms with E-state index in [1.807, 2.05) is 12.1 Å². The molecule has 0 aliphatic carbocycles. The third-order valence-corrected chi connectivity index (χ3v) is 4.26. The highest BCUT2D eigenvalue weighted by molar-refractivity contribution is 7.80. The van der Waals surface area contributed by atoms with Crippen LogP contribution in [0.4, 0.5) is 5.69 Å². The third-order valence-electron chi connectivity index (χ3n) is 4.04. The van der Waals surface area contributed by atoms with Gasteiger partial charge in [0.15, 0.2) is 0 Å². The molecule has 110 valence electrons. The van der Waals surface area contributed by atoms with E-state index in [1.54, 1.807) is 0 Å². The fourth-order valence-corrected chi connectivity index (χ4v) is 2.94. The van der Waals surface area contributed by atoms with Crippen LogP contribution < -0.4 is 11.1 Å². The molecule has 0 spiro atoms. The van der Waals surface area contributed by atoms with Crippen molar-refractivity contribution in [3.8, 4) is 0 Å². The van der Waals surface area contributed by atoms with E-state index in [0.717, 1.165) is 17.8 Å². The zero-order valence-corrected chi connectivity index (χ0v) is 13.3. The molecular weight excluding hydrogens is 266 g/mol. The first-order chi connectivity index (χ1) is 9.58. The number of rotatable bonds is 5. The molecule has 1 heterocycles. The van der Waals surface area contributed by atoms with E-state index >= 15 is 0 Å². The van der Waals surface area contributed by atoms with E-state index in [9.17, 15) is 0 Å². The van der Waals surface area contributed by atoms with E-state index in [1.165, 1.54) is 37.9 Å². The van der Waals surface area contributed by atoms with Gasteiger partial charge < -0.3 is 11.1 Å². The summed E-state index contributed by atoms with van der Waals surface area (Å²) in [5.41, 5.74) is 9.01. The number of hydrogen-bond donors (Lipinski definition) is 2. The maximum absolute atomic E-state index is 5.79. The number of piperidine rings is 1. The Kier molecular flexibility index (Phi) is 5.38. The monoisotopic (exact) mass is 291 g/mol. The van der Waals surface area contributed by atoms with Crippen molar-refractivity contribution in [1.82, 2.24) is 4.90 Å². The van der Waals surface area contributed by atoms with E-state index in [4.69, 9.17) is 18.0 Å². The molecule has 1 aromatic rings. The minimum absolute atomic E-state index is 0.457. The third kappa shape index (κ3) is 3.93. The Bertz CT molecular complexity index is 467. The van der Waals surface area contributed by atoms with Crippen LogP contribution in [-0.2, 0) is 0 Å². The lowest BCUT2D eigenvalue weighted by atomic mass is 10.1. The Labute approximate surface area is 127 Å². The Morgan fingerprint density at radius 1 is 1.35 bits per heavy atom. The molecule has 1 saturated heterocycles. The van der Waals surface area contributed by atoms with Crippen LogP contribution in [0.15, 0.2) is 18.2 Å². The lowest BCUT2D eigenvalue weighted by Gasteiger charge is -2.32. The van der Waals surface area contributed by atoms with Gasteiger partial charge in [0.25, 0.3) is 0 Å². The molecular formula is C16H25N3S. The molecule has 1 fully saturated rings. The molecule has 0 aromatic heterocycles. The average molecular weight is 291 g/mol. The quantitative estimate of drug-likeness (QED) is 0.819. The van der Waals surface area contributed by atoms with Crippen molar-refractivity contribution >= 4 is 22.9 Å². The number of nitrogens with zero attached hydrogens (tertiary/aromatic N) is 1. The van der Waals surface area contributed by atoms with Crippen LogP contribution in [0.2, 0.25) is 0 Å². The van der Waals surface area contributed by atoms with Crippen molar-refractivity contribution in [2.75, 3.05) is 25.0 Å². The number of likely N-dealkylation sites (tertiary alicyclic amines) is 1. The Hall–Kier alpha value is -1.13. The summed E-state index contributed by atoms with van der Waals surface area (Å²) in [6.07, 6.45) is 4.03. The Balaban J connectivity index is 1.99. The minimum Gasteiger partial charge on any atom is -0.389 e. The second-order valence-corrected chi connectivity index (χ2v) is 6.18. The van der Waals surface area contributed by atoms with Crippen molar-refractivity contribution in [3.63, 3.8) is 0 Å². The number of aryl methyl sites for hydroxylation is 1. The van der Waals surface area contributed by atoms with Crippen LogP contribution in [0.5, 0.6) is 0 Å². The van der Waals surface area contributed by atoms with Gasteiger partial charge in [-0.1, -0.05) is 24.7 Å². The zero-order chi connectivity index (χ0) is 14.5. The van der Waals surface area contributed by atoms with Crippen LogP contribution in [0.3, 0.4) is 0 Å². The Morgan fingerprint density at radius 2 is 2.05 bits per heavy atom. The number of hydrogen-bond acceptors (Lipinski definition) is 3. The number of thiocarbonyl (C=S) groups is 1. The smallest absolute Gasteiger partial charge is 0.106 e. The van der Waals surface area contributed by atoms with Crippen LogP contribution in [0.25, 0.3) is 0 Å². The van der Waals surface area contributed by atoms with E-state index in [0.29, 0.717) is 11.0 Å². The summed E-state index contributed by atoms with van der Waals surface area (Å²) >= 11 is 5.13. The first-order valence-corrected chi connectivity index (χ1v) is 7.87. The molecule has 0 bridgehead atoms. The molecule has 20 heavy (non-hydrogen) atoms. The second kappa shape index (κ2) is 7.04. The van der Waals surface area contributed by atoms with Gasteiger partial charge in [-0.05, 0) is 57.5 Å². The molecule has 1 aliphatic heterocycles. The summed E-state index contributed by atoms with van der Waals surface area (Å²) in [4.78, 5) is 3.02. The van der Waals surface area contributed by atoms with Gasteiger partial charge >= 0.3 is 0 Å². The largest absolute Gasteiger partial charge is 0.389 e. The van der Waals surface area contributed by atoms with Crippen LogP contribution in [0.1, 0.15) is 37.3 Å². The minimum atomic E-state index is 0.457. The lowest BCUT2D eigenvalue weighted by molar-refractivity contribution is 0.180. The predicted octanol–water partition coefficient (Wildman–Crippen LogP) is 2.92. The topological polar surface area (TPSA) is 41.3 Å². The Morgan fingerprint density at radius 3 is 2.70 bits per heavy atom. The standard InChI is InChI=1S/C16H25N3S/c1-12-6-7-14(16(17)20)15(10-12)18-11-13(2)19-8-4-3-5-9-19/h6-7,10,13,18H,3-5,8-9,11H2,1-2H3,(H2,17,20). The van der Waals surface area contributed by atoms with Gasteiger partial charge in [-0.3, -0.25) is 4.90 Å². The van der Waals surface area contributed by atoms with Gasteiger partial charge in [0.1, 0.15) is 4.99 Å². The summed E-state index contributed by atoms with van der Waals surface area (Å²) < 4.78 is 0. The maximum atomic E-state index is 5.79. The summed E-state index contributed by atoms with van der Waals surface area (Å²) in [7, 11) is 0. The molecule has 1 unspecified atom stereocenters. The molecule has 3 nitrogen and oxygen atoms in total. The summed E-state index contributed by atoms with van der Waals surface area (Å²) in [5.74, 6) is 0. The highest BCUT2D eigenvalue weighted by atomic mass is 32.1. The first kappa shape index (κ1) is 15.3. The molecule has 2 rings (SSSR count). The van der Waals surface area contributed by atoms with Crippen molar-refractivity contribution < 1.29 is 0 Å². The van der Waals surface area contributed by atoms with Crippen molar-refractivity contribution in [1.29, 1.82) is 0 Å². The zero-order valence-electron chi connectivity index (χ0n) is 12.5. The summed E-state index contributed by atoms with van der Waals surface area (Å²) in [5, 5.41) is 3.52. The molecule has 1 aliphatic rings. The summed E-state index contributed by atoms with van der Waals surface area (Å²) in [6, 6.07) is 6.71. The van der Waals surface area contributed by atoms with Crippen molar-refractivity contribution in [2.24, 2.45) is 5.73 Å². The van der Waals surface area contributed by atoms with Gasteiger partial charge in [0.05, 0.1) is 0 Å². The van der Waals surface area contributed by atoms with Gasteiger partial charge in [0, 0.05) is 23.8 Å². The van der Waals surface area contributed by atoms with E-state index in [-0.39, 0.29) is 0 Å². The predicted molar refractivity (Wildman–Crippen MR) is 90.4 cm³/mol. The summed E-state index contributed by atoms with van der Waals surface area (Å²) in [6.45, 7) is 7.74. The number of nitrogens with one attached hydrogen (secondary N) is 1. The molecule has 1 atom stereocenters. The van der Waals surface area contributed by atoms with E-state index in [2.05, 4.69) is 30.1 Å². The highest BCUT2D eigenvalue weighted by Crippen LogP contribution is 2.19. The van der Waals surface area contributed by atoms with Crippen molar-refractivity contribution in [3.05, 3.63) is 29.3 Å². The van der Waals surface area contributed by atoms with Crippen LogP contribution in [0, 0.1) is 6.92 Å². The second-order valence-electron chi connectivity index (χ2n) is 5.74. The number of benzene rings is 1. The van der Waals surface area contributed by atoms with Gasteiger partial charge in [-0.25, -0.2) is 0 Å². The van der Waals surface area contributed by atoms with Crippen molar-refractivity contribution in [2.45, 2.75) is 39.2 Å². The van der Waals surface area contributed by atoms with Gasteiger partial charge in [-0.2, -0.15) is 0 Å². The molecule has 0 amide bonds. The maximum Gasteiger partial charge on any atom is 0.106 e. The van der Waals surface area contributed by atoms with Crippen LogP contribution in [-0.4, -0.2) is 35.6 Å². The fourth-order valence-electron chi connectivity index (χ4n) is 2.77. The highest BCUT2D eigenvalue weighted by Gasteiger charge is 2.16. The fraction of sp³-hybridized carbons (Fsp3) is 0.562. The molecule has 4 heteroatoms. The number of anilines is 1. The SMILES string of the molecule is Cc1ccc(C(N)=S)c(NCC(C)N2CCCCC2)c1. The number of nitrogens with two attached hydrogens (primary N) is 1. The van der Waals surface area contributed by atoms with Gasteiger partial charge in [0.2, 0.25) is 0 Å². The molecule has 3 N–H and O–H groups in total. The molecule has 0 saturated carbocycles. The molecule has 1 aromatic carbocycles.